The number of thioether (sulfide) groups is 1. The smallest absolute Gasteiger partial charge is 0.294 e. The Bertz CT molecular complexity index is 354. The molecule has 1 aromatic carbocycles. The summed E-state index contributed by atoms with van der Waals surface area (Å²) >= 11 is 0.758. The number of nitrogens with zero attached hydrogens (tertiary/aromatic N) is 1. The predicted molar refractivity (Wildman–Crippen MR) is 60.8 cm³/mol. The van der Waals surface area contributed by atoms with Crippen molar-refractivity contribution in [1.82, 2.24) is 0 Å². The number of hydrogen-bond acceptors (Lipinski definition) is 5. The summed E-state index contributed by atoms with van der Waals surface area (Å²) in [7, 11) is 0. The maximum atomic E-state index is 8.45. The Morgan fingerprint density at radius 1 is 1.47 bits per heavy atom. The van der Waals surface area contributed by atoms with E-state index < -0.39 is 0 Å². The molecule has 0 unspecified atom stereocenters. The van der Waals surface area contributed by atoms with Crippen molar-refractivity contribution in [2.24, 2.45) is 10.7 Å². The molecule has 0 heterocycles. The maximum absolute atomic E-state index is 8.45. The number of rotatable bonds is 2. The number of nitrogens with two attached hydrogens (primary N) is 1. The molecule has 0 saturated carbocycles. The van der Waals surface area contributed by atoms with Gasteiger partial charge in [-0.25, -0.2) is 10.2 Å². The van der Waals surface area contributed by atoms with Gasteiger partial charge in [-0.1, -0.05) is 30.3 Å². The summed E-state index contributed by atoms with van der Waals surface area (Å²) in [4.78, 5) is 7.91. The Labute approximate surface area is 91.4 Å². The average molecular weight is 225 g/mol. The number of nitrogens with one attached hydrogen (secondary N) is 1. The molecule has 0 bridgehead atoms. The lowest BCUT2D eigenvalue weighted by Crippen LogP contribution is -2.09. The van der Waals surface area contributed by atoms with Gasteiger partial charge in [-0.2, -0.15) is 0 Å². The molecule has 0 atom stereocenters. The van der Waals surface area contributed by atoms with E-state index in [2.05, 4.69) is 9.88 Å². The minimum atomic E-state index is -0.184. The zero-order valence-corrected chi connectivity index (χ0v) is 8.70. The first kappa shape index (κ1) is 11.5. The molecule has 5 nitrogen and oxygen atoms in total. The maximum Gasteiger partial charge on any atom is 0.294 e. The SMILES string of the molecule is N=C(N)SC(=NCc1ccccc1)OO. The van der Waals surface area contributed by atoms with Crippen molar-refractivity contribution in [2.45, 2.75) is 6.54 Å². The van der Waals surface area contributed by atoms with Crippen LogP contribution < -0.4 is 5.73 Å². The van der Waals surface area contributed by atoms with Crippen molar-refractivity contribution >= 4 is 22.2 Å². The molecule has 0 aliphatic heterocycles. The standard InChI is InChI=1S/C9H11N3O2S/c10-8(11)15-9(14-13)12-6-7-4-2-1-3-5-7/h1-5,13H,6H2,(H3,10,11). The van der Waals surface area contributed by atoms with E-state index >= 15 is 0 Å². The third-order valence-electron chi connectivity index (χ3n) is 1.51. The summed E-state index contributed by atoms with van der Waals surface area (Å²) in [6.07, 6.45) is 0. The third-order valence-corrected chi connectivity index (χ3v) is 2.11. The second-order valence-electron chi connectivity index (χ2n) is 2.63. The van der Waals surface area contributed by atoms with Crippen LogP contribution in [0.4, 0.5) is 0 Å². The molecule has 0 amide bonds. The van der Waals surface area contributed by atoms with Crippen molar-refractivity contribution in [3.05, 3.63) is 35.9 Å². The molecule has 0 spiro atoms. The van der Waals surface area contributed by atoms with E-state index in [1.54, 1.807) is 0 Å². The van der Waals surface area contributed by atoms with Gasteiger partial charge in [0, 0.05) is 11.8 Å². The van der Waals surface area contributed by atoms with Gasteiger partial charge in [0.2, 0.25) is 0 Å². The van der Waals surface area contributed by atoms with E-state index in [1.807, 2.05) is 30.3 Å². The Kier molecular flexibility index (Phi) is 4.65. The molecule has 15 heavy (non-hydrogen) atoms. The lowest BCUT2D eigenvalue weighted by Gasteiger charge is -2.00. The Hall–Kier alpha value is -1.53. The van der Waals surface area contributed by atoms with Crippen LogP contribution in [0, 0.1) is 5.41 Å². The molecule has 0 aromatic heterocycles. The zero-order chi connectivity index (χ0) is 11.1. The van der Waals surface area contributed by atoms with Crippen molar-refractivity contribution in [3.63, 3.8) is 0 Å². The molecule has 0 radical (unpaired) electrons. The van der Waals surface area contributed by atoms with Crippen LogP contribution in [0.2, 0.25) is 0 Å². The first-order chi connectivity index (χ1) is 7.22. The molecule has 6 heteroatoms. The van der Waals surface area contributed by atoms with Gasteiger partial charge in [-0.05, 0) is 5.56 Å². The van der Waals surface area contributed by atoms with Gasteiger partial charge in [0.1, 0.15) is 0 Å². The van der Waals surface area contributed by atoms with Gasteiger partial charge < -0.3 is 10.6 Å². The van der Waals surface area contributed by atoms with Crippen LogP contribution in [-0.4, -0.2) is 15.7 Å². The van der Waals surface area contributed by atoms with Crippen molar-refractivity contribution in [1.29, 1.82) is 5.41 Å². The van der Waals surface area contributed by atoms with Gasteiger partial charge in [-0.3, -0.25) is 5.41 Å². The molecule has 0 aliphatic carbocycles. The molecule has 1 aromatic rings. The number of aliphatic imine (C=N–C) groups is 1. The summed E-state index contributed by atoms with van der Waals surface area (Å²) in [5, 5.41) is 15.2. The lowest BCUT2D eigenvalue weighted by atomic mass is 10.2. The number of amidine groups is 1. The highest BCUT2D eigenvalue weighted by atomic mass is 32.2. The summed E-state index contributed by atoms with van der Waals surface area (Å²) < 4.78 is 0. The fraction of sp³-hybridized carbons (Fsp3) is 0.111. The van der Waals surface area contributed by atoms with Gasteiger partial charge in [0.25, 0.3) is 5.23 Å². The minimum absolute atomic E-state index is 0.0358. The summed E-state index contributed by atoms with van der Waals surface area (Å²) in [5.74, 6) is 0. The van der Waals surface area contributed by atoms with E-state index in [-0.39, 0.29) is 10.4 Å². The molecule has 80 valence electrons. The van der Waals surface area contributed by atoms with Crippen molar-refractivity contribution in [3.8, 4) is 0 Å². The first-order valence-electron chi connectivity index (χ1n) is 4.14. The van der Waals surface area contributed by atoms with Crippen LogP contribution in [0.25, 0.3) is 0 Å². The average Bonchev–Trinajstić information content (AvgIpc) is 2.25. The number of benzene rings is 1. The molecule has 4 N–H and O–H groups in total. The normalized spacial score (nSPS) is 11.1. The van der Waals surface area contributed by atoms with Crippen LogP contribution in [0.15, 0.2) is 35.3 Å². The van der Waals surface area contributed by atoms with Gasteiger partial charge in [-0.15, -0.1) is 0 Å². The lowest BCUT2D eigenvalue weighted by molar-refractivity contribution is -0.150. The van der Waals surface area contributed by atoms with Gasteiger partial charge in [0.05, 0.1) is 6.54 Å². The van der Waals surface area contributed by atoms with Crippen LogP contribution in [0.1, 0.15) is 5.56 Å². The molecular formula is C9H11N3O2S. The predicted octanol–water partition coefficient (Wildman–Crippen LogP) is 1.66. The minimum Gasteiger partial charge on any atom is -0.378 e. The van der Waals surface area contributed by atoms with Crippen LogP contribution in [0.5, 0.6) is 0 Å². The van der Waals surface area contributed by atoms with Crippen LogP contribution in [-0.2, 0) is 11.4 Å². The molecule has 0 saturated heterocycles. The van der Waals surface area contributed by atoms with Crippen molar-refractivity contribution in [2.75, 3.05) is 0 Å². The second kappa shape index (κ2) is 6.05. The molecule has 0 fully saturated rings. The largest absolute Gasteiger partial charge is 0.378 e. The van der Waals surface area contributed by atoms with Gasteiger partial charge in [0.15, 0.2) is 5.17 Å². The quantitative estimate of drug-likeness (QED) is 0.309. The third kappa shape index (κ3) is 4.48. The van der Waals surface area contributed by atoms with Crippen LogP contribution in [0.3, 0.4) is 0 Å². The van der Waals surface area contributed by atoms with Crippen molar-refractivity contribution < 1.29 is 10.1 Å². The van der Waals surface area contributed by atoms with E-state index in [0.717, 1.165) is 17.3 Å². The Morgan fingerprint density at radius 2 is 2.13 bits per heavy atom. The van der Waals surface area contributed by atoms with E-state index in [9.17, 15) is 0 Å². The highest BCUT2D eigenvalue weighted by molar-refractivity contribution is 8.26. The zero-order valence-electron chi connectivity index (χ0n) is 7.88. The van der Waals surface area contributed by atoms with E-state index in [0.29, 0.717) is 6.54 Å². The summed E-state index contributed by atoms with van der Waals surface area (Å²) in [6.45, 7) is 0.372. The highest BCUT2D eigenvalue weighted by Gasteiger charge is 2.03. The topological polar surface area (TPSA) is 91.7 Å². The highest BCUT2D eigenvalue weighted by Crippen LogP contribution is 2.07. The fourth-order valence-corrected chi connectivity index (χ4v) is 1.27. The monoisotopic (exact) mass is 225 g/mol. The molecule has 0 aliphatic rings. The molecular weight excluding hydrogens is 214 g/mol. The van der Waals surface area contributed by atoms with E-state index in [1.165, 1.54) is 0 Å². The van der Waals surface area contributed by atoms with Crippen LogP contribution >= 0.6 is 11.8 Å². The second-order valence-corrected chi connectivity index (χ2v) is 3.62. The van der Waals surface area contributed by atoms with Gasteiger partial charge >= 0.3 is 0 Å². The Balaban J connectivity index is 2.58. The van der Waals surface area contributed by atoms with E-state index in [4.69, 9.17) is 16.4 Å². The fourth-order valence-electron chi connectivity index (χ4n) is 0.913. The summed E-state index contributed by atoms with van der Waals surface area (Å²) in [6, 6.07) is 9.49. The Morgan fingerprint density at radius 3 is 2.67 bits per heavy atom. The molecule has 1 rings (SSSR count). The number of hydrogen-bond donors (Lipinski definition) is 3. The summed E-state index contributed by atoms with van der Waals surface area (Å²) in [5.41, 5.74) is 6.09. The first-order valence-corrected chi connectivity index (χ1v) is 4.95.